The summed E-state index contributed by atoms with van der Waals surface area (Å²) in [5.41, 5.74) is 5.82. The number of nitrogens with zero attached hydrogens (tertiary/aromatic N) is 1. The molecule has 0 heterocycles. The van der Waals surface area contributed by atoms with Gasteiger partial charge in [-0.1, -0.05) is 18.9 Å². The van der Waals surface area contributed by atoms with Crippen LogP contribution in [-0.2, 0) is 0 Å². The van der Waals surface area contributed by atoms with Gasteiger partial charge in [0.2, 0.25) is 0 Å². The molecule has 0 saturated heterocycles. The molecule has 5 heteroatoms. The largest absolute Gasteiger partial charge is 0.496 e. The fraction of sp³-hybridized carbons (Fsp3) is 0.562. The SMILES string of the molecule is COc1cccc(F)c1C(=O)N(C)C1CCCCC1CN. The first-order valence-corrected chi connectivity index (χ1v) is 7.39. The van der Waals surface area contributed by atoms with E-state index >= 15 is 0 Å². The van der Waals surface area contributed by atoms with E-state index in [0.717, 1.165) is 25.7 Å². The molecule has 0 bridgehead atoms. The molecule has 1 aliphatic carbocycles. The number of halogens is 1. The Morgan fingerprint density at radius 1 is 1.43 bits per heavy atom. The number of methoxy groups -OCH3 is 1. The summed E-state index contributed by atoms with van der Waals surface area (Å²) < 4.78 is 19.2. The monoisotopic (exact) mass is 294 g/mol. The van der Waals surface area contributed by atoms with E-state index in [4.69, 9.17) is 10.5 Å². The van der Waals surface area contributed by atoms with Gasteiger partial charge in [0.1, 0.15) is 17.1 Å². The van der Waals surface area contributed by atoms with Crippen molar-refractivity contribution in [1.82, 2.24) is 4.90 Å². The van der Waals surface area contributed by atoms with Crippen molar-refractivity contribution in [2.75, 3.05) is 20.7 Å². The van der Waals surface area contributed by atoms with E-state index < -0.39 is 5.82 Å². The Hall–Kier alpha value is -1.62. The highest BCUT2D eigenvalue weighted by Crippen LogP contribution is 2.30. The van der Waals surface area contributed by atoms with Gasteiger partial charge in [-0.25, -0.2) is 4.39 Å². The highest BCUT2D eigenvalue weighted by Gasteiger charge is 2.32. The molecular weight excluding hydrogens is 271 g/mol. The zero-order valence-electron chi connectivity index (χ0n) is 12.6. The van der Waals surface area contributed by atoms with Crippen molar-refractivity contribution >= 4 is 5.91 Å². The third-order valence-electron chi connectivity index (χ3n) is 4.40. The van der Waals surface area contributed by atoms with E-state index in [2.05, 4.69) is 0 Å². The van der Waals surface area contributed by atoms with Crippen LogP contribution in [0.4, 0.5) is 4.39 Å². The summed E-state index contributed by atoms with van der Waals surface area (Å²) in [6.07, 6.45) is 4.16. The van der Waals surface area contributed by atoms with Crippen LogP contribution < -0.4 is 10.5 Å². The first kappa shape index (κ1) is 15.8. The average Bonchev–Trinajstić information content (AvgIpc) is 2.53. The van der Waals surface area contributed by atoms with Crippen molar-refractivity contribution < 1.29 is 13.9 Å². The summed E-state index contributed by atoms with van der Waals surface area (Å²) in [4.78, 5) is 14.3. The van der Waals surface area contributed by atoms with Crippen LogP contribution in [0.3, 0.4) is 0 Å². The van der Waals surface area contributed by atoms with E-state index in [9.17, 15) is 9.18 Å². The zero-order chi connectivity index (χ0) is 15.4. The lowest BCUT2D eigenvalue weighted by Crippen LogP contribution is -2.46. The minimum Gasteiger partial charge on any atom is -0.496 e. The maximum atomic E-state index is 14.0. The summed E-state index contributed by atoms with van der Waals surface area (Å²) >= 11 is 0. The van der Waals surface area contributed by atoms with E-state index in [1.54, 1.807) is 18.0 Å². The molecule has 1 saturated carbocycles. The van der Waals surface area contributed by atoms with Gasteiger partial charge in [-0.05, 0) is 37.4 Å². The number of nitrogens with two attached hydrogens (primary N) is 1. The van der Waals surface area contributed by atoms with E-state index in [-0.39, 0.29) is 29.2 Å². The van der Waals surface area contributed by atoms with Crippen molar-refractivity contribution in [2.24, 2.45) is 11.7 Å². The quantitative estimate of drug-likeness (QED) is 0.928. The minimum absolute atomic E-state index is 0.00356. The lowest BCUT2D eigenvalue weighted by atomic mass is 9.83. The lowest BCUT2D eigenvalue weighted by Gasteiger charge is -2.37. The molecule has 21 heavy (non-hydrogen) atoms. The summed E-state index contributed by atoms with van der Waals surface area (Å²) in [5.74, 6) is -0.334. The van der Waals surface area contributed by atoms with Crippen molar-refractivity contribution in [3.05, 3.63) is 29.6 Å². The Morgan fingerprint density at radius 2 is 2.14 bits per heavy atom. The highest BCUT2D eigenvalue weighted by molar-refractivity contribution is 5.97. The van der Waals surface area contributed by atoms with Gasteiger partial charge in [0.15, 0.2) is 0 Å². The Labute approximate surface area is 125 Å². The molecule has 1 amide bonds. The van der Waals surface area contributed by atoms with Crippen LogP contribution in [0.25, 0.3) is 0 Å². The van der Waals surface area contributed by atoms with E-state index in [1.165, 1.54) is 19.2 Å². The second-order valence-electron chi connectivity index (χ2n) is 5.58. The predicted molar refractivity (Wildman–Crippen MR) is 79.8 cm³/mol. The fourth-order valence-electron chi connectivity index (χ4n) is 3.18. The molecule has 0 aromatic heterocycles. The van der Waals surface area contributed by atoms with Crippen LogP contribution in [0.15, 0.2) is 18.2 Å². The molecule has 1 aliphatic rings. The maximum absolute atomic E-state index is 14.0. The van der Waals surface area contributed by atoms with Crippen molar-refractivity contribution in [1.29, 1.82) is 0 Å². The average molecular weight is 294 g/mol. The summed E-state index contributed by atoms with van der Waals surface area (Å²) in [6, 6.07) is 4.49. The standard InChI is InChI=1S/C16H23FN2O2/c1-19(13-8-4-3-6-11(13)10-18)16(20)15-12(17)7-5-9-14(15)21-2/h5,7,9,11,13H,3-4,6,8,10,18H2,1-2H3. The van der Waals surface area contributed by atoms with Crippen molar-refractivity contribution in [3.8, 4) is 5.75 Å². The van der Waals surface area contributed by atoms with E-state index in [0.29, 0.717) is 6.54 Å². The first-order chi connectivity index (χ1) is 10.1. The number of carbonyl (C=O) groups is 1. The molecular formula is C16H23FN2O2. The van der Waals surface area contributed by atoms with Gasteiger partial charge in [-0.15, -0.1) is 0 Å². The van der Waals surface area contributed by atoms with Gasteiger partial charge in [-0.3, -0.25) is 4.79 Å². The molecule has 2 atom stereocenters. The summed E-state index contributed by atoms with van der Waals surface area (Å²) in [6.45, 7) is 0.552. The first-order valence-electron chi connectivity index (χ1n) is 7.39. The molecule has 116 valence electrons. The molecule has 0 aliphatic heterocycles. The van der Waals surface area contributed by atoms with Gasteiger partial charge in [-0.2, -0.15) is 0 Å². The van der Waals surface area contributed by atoms with E-state index in [1.807, 2.05) is 0 Å². The summed E-state index contributed by atoms with van der Waals surface area (Å²) in [7, 11) is 3.17. The number of carbonyl (C=O) groups excluding carboxylic acids is 1. The number of ether oxygens (including phenoxy) is 1. The van der Waals surface area contributed by atoms with Crippen LogP contribution in [0.5, 0.6) is 5.75 Å². The third kappa shape index (κ3) is 3.18. The highest BCUT2D eigenvalue weighted by atomic mass is 19.1. The fourth-order valence-corrected chi connectivity index (χ4v) is 3.18. The minimum atomic E-state index is -0.550. The predicted octanol–water partition coefficient (Wildman–Crippen LogP) is 2.42. The van der Waals surface area contributed by atoms with Crippen LogP contribution in [0.1, 0.15) is 36.0 Å². The van der Waals surface area contributed by atoms with Crippen LogP contribution >= 0.6 is 0 Å². The second kappa shape index (κ2) is 6.89. The molecule has 1 aromatic carbocycles. The Balaban J connectivity index is 2.26. The number of hydrogen-bond donors (Lipinski definition) is 1. The molecule has 0 spiro atoms. The zero-order valence-corrected chi connectivity index (χ0v) is 12.6. The molecule has 2 rings (SSSR count). The summed E-state index contributed by atoms with van der Waals surface area (Å²) in [5, 5.41) is 0. The van der Waals surface area contributed by atoms with Crippen molar-refractivity contribution in [2.45, 2.75) is 31.7 Å². The Bertz CT molecular complexity index is 507. The van der Waals surface area contributed by atoms with Crippen LogP contribution in [-0.4, -0.2) is 37.6 Å². The Morgan fingerprint density at radius 3 is 2.81 bits per heavy atom. The lowest BCUT2D eigenvalue weighted by molar-refractivity contribution is 0.0612. The molecule has 0 radical (unpaired) electrons. The number of hydrogen-bond acceptors (Lipinski definition) is 3. The second-order valence-corrected chi connectivity index (χ2v) is 5.58. The van der Waals surface area contributed by atoms with Crippen LogP contribution in [0, 0.1) is 11.7 Å². The normalized spacial score (nSPS) is 21.9. The van der Waals surface area contributed by atoms with Crippen LogP contribution in [0.2, 0.25) is 0 Å². The third-order valence-corrected chi connectivity index (χ3v) is 4.40. The van der Waals surface area contributed by atoms with Gasteiger partial charge >= 0.3 is 0 Å². The van der Waals surface area contributed by atoms with Gasteiger partial charge in [0.25, 0.3) is 5.91 Å². The van der Waals surface area contributed by atoms with Gasteiger partial charge in [0.05, 0.1) is 7.11 Å². The molecule has 2 unspecified atom stereocenters. The smallest absolute Gasteiger partial charge is 0.260 e. The molecule has 1 aromatic rings. The number of amides is 1. The number of benzene rings is 1. The molecule has 4 nitrogen and oxygen atoms in total. The van der Waals surface area contributed by atoms with Gasteiger partial charge in [0, 0.05) is 13.1 Å². The van der Waals surface area contributed by atoms with Crippen molar-refractivity contribution in [3.63, 3.8) is 0 Å². The topological polar surface area (TPSA) is 55.6 Å². The maximum Gasteiger partial charge on any atom is 0.260 e. The van der Waals surface area contributed by atoms with Gasteiger partial charge < -0.3 is 15.4 Å². The Kier molecular flexibility index (Phi) is 5.17. The number of rotatable bonds is 4. The molecule has 2 N–H and O–H groups in total. The molecule has 1 fully saturated rings.